The smallest absolute Gasteiger partial charge is 0.436 e. The molecule has 3 aromatic rings. The van der Waals surface area contributed by atoms with Gasteiger partial charge in [0.05, 0.1) is 11.7 Å². The third-order valence-corrected chi connectivity index (χ3v) is 4.04. The number of hydrogen-bond donors (Lipinski definition) is 0. The second-order valence-corrected chi connectivity index (χ2v) is 7.24. The molecule has 1 aromatic heterocycles. The minimum absolute atomic E-state index is 0.206. The van der Waals surface area contributed by atoms with Gasteiger partial charge in [-0.3, -0.25) is 0 Å². The van der Waals surface area contributed by atoms with Crippen LogP contribution in [-0.4, -0.2) is 29.5 Å². The Morgan fingerprint density at radius 1 is 0.966 bits per heavy atom. The van der Waals surface area contributed by atoms with Crippen LogP contribution < -0.4 is 0 Å². The van der Waals surface area contributed by atoms with Gasteiger partial charge in [0.15, 0.2) is 5.58 Å². The number of fused-ring (bicyclic) bond motifs is 1. The number of ether oxygens (including phenoxy) is 3. The van der Waals surface area contributed by atoms with Crippen LogP contribution in [0.5, 0.6) is 0 Å². The highest BCUT2D eigenvalue weighted by Crippen LogP contribution is 2.29. The lowest BCUT2D eigenvalue weighted by atomic mass is 10.2. The molecular weight excluding hydrogens is 421 g/mol. The van der Waals surface area contributed by atoms with Crippen molar-refractivity contribution in [2.45, 2.75) is 33.2 Å². The molecule has 1 unspecified atom stereocenters. The minimum Gasteiger partial charge on any atom is -0.436 e. The molecule has 0 amide bonds. The van der Waals surface area contributed by atoms with Gasteiger partial charge in [0.1, 0.15) is 5.52 Å². The molecule has 0 spiro atoms. The van der Waals surface area contributed by atoms with Crippen LogP contribution in [0.2, 0.25) is 10.0 Å². The Hall–Kier alpha value is -2.77. The number of esters is 1. The number of carbonyl (C=O) groups is 2. The van der Waals surface area contributed by atoms with Crippen LogP contribution in [0.25, 0.3) is 22.6 Å². The number of aromatic nitrogens is 1. The van der Waals surface area contributed by atoms with Gasteiger partial charge in [-0.1, -0.05) is 23.2 Å². The van der Waals surface area contributed by atoms with E-state index in [4.69, 9.17) is 41.8 Å². The first-order valence-corrected chi connectivity index (χ1v) is 9.42. The fourth-order valence-corrected chi connectivity index (χ4v) is 2.98. The molecule has 29 heavy (non-hydrogen) atoms. The number of halogens is 2. The molecule has 0 N–H and O–H groups in total. The Labute approximate surface area is 176 Å². The largest absolute Gasteiger partial charge is 0.511 e. The van der Waals surface area contributed by atoms with Crippen molar-refractivity contribution < 1.29 is 28.2 Å². The third-order valence-electron chi connectivity index (χ3n) is 3.60. The molecule has 7 nitrogen and oxygen atoms in total. The van der Waals surface area contributed by atoms with Gasteiger partial charge in [-0.15, -0.1) is 0 Å². The van der Waals surface area contributed by atoms with Gasteiger partial charge in [0.25, 0.3) is 0 Å². The van der Waals surface area contributed by atoms with E-state index in [1.165, 1.54) is 19.1 Å². The number of benzene rings is 2. The predicted molar refractivity (Wildman–Crippen MR) is 107 cm³/mol. The highest BCUT2D eigenvalue weighted by atomic mass is 35.5. The van der Waals surface area contributed by atoms with Gasteiger partial charge in [0.2, 0.25) is 12.2 Å². The van der Waals surface area contributed by atoms with Gasteiger partial charge in [0, 0.05) is 22.5 Å². The molecule has 0 saturated carbocycles. The van der Waals surface area contributed by atoms with Crippen LogP contribution >= 0.6 is 23.2 Å². The van der Waals surface area contributed by atoms with Gasteiger partial charge in [-0.25, -0.2) is 14.6 Å². The van der Waals surface area contributed by atoms with E-state index >= 15 is 0 Å². The normalized spacial score (nSPS) is 12.1. The molecule has 9 heteroatoms. The van der Waals surface area contributed by atoms with Crippen molar-refractivity contribution in [1.82, 2.24) is 4.98 Å². The van der Waals surface area contributed by atoms with E-state index < -0.39 is 18.4 Å². The predicted octanol–water partition coefficient (Wildman–Crippen LogP) is 5.87. The number of nitrogens with zero attached hydrogens (tertiary/aromatic N) is 1. The van der Waals surface area contributed by atoms with E-state index in [0.717, 1.165) is 0 Å². The highest BCUT2D eigenvalue weighted by molar-refractivity contribution is 6.35. The quantitative estimate of drug-likeness (QED) is 0.364. The Morgan fingerprint density at radius 2 is 1.66 bits per heavy atom. The molecule has 0 bridgehead atoms. The van der Waals surface area contributed by atoms with Crippen LogP contribution in [0, 0.1) is 0 Å². The average molecular weight is 438 g/mol. The molecule has 3 rings (SSSR count). The minimum atomic E-state index is -1.12. The summed E-state index contributed by atoms with van der Waals surface area (Å²) in [6.07, 6.45) is -2.39. The van der Waals surface area contributed by atoms with E-state index in [9.17, 15) is 9.59 Å². The Kier molecular flexibility index (Phi) is 6.30. The van der Waals surface area contributed by atoms with Gasteiger partial charge >= 0.3 is 12.1 Å². The molecule has 2 aromatic carbocycles. The fraction of sp³-hybridized carbons (Fsp3) is 0.250. The maximum Gasteiger partial charge on any atom is 0.511 e. The van der Waals surface area contributed by atoms with E-state index in [0.29, 0.717) is 32.6 Å². The monoisotopic (exact) mass is 437 g/mol. The molecule has 1 atom stereocenters. The van der Waals surface area contributed by atoms with Crippen molar-refractivity contribution in [3.63, 3.8) is 0 Å². The summed E-state index contributed by atoms with van der Waals surface area (Å²) in [6.45, 7) is 4.76. The molecule has 1 heterocycles. The summed E-state index contributed by atoms with van der Waals surface area (Å²) >= 11 is 12.0. The van der Waals surface area contributed by atoms with Gasteiger partial charge in [-0.2, -0.15) is 0 Å². The molecule has 0 radical (unpaired) electrons. The molecular formula is C20H17Cl2NO6. The summed E-state index contributed by atoms with van der Waals surface area (Å²) in [6, 6.07) is 9.57. The molecule has 0 aliphatic rings. The maximum absolute atomic E-state index is 12.3. The Balaban J connectivity index is 1.75. The summed E-state index contributed by atoms with van der Waals surface area (Å²) < 4.78 is 20.5. The van der Waals surface area contributed by atoms with Gasteiger partial charge in [-0.05, 0) is 50.2 Å². The van der Waals surface area contributed by atoms with Crippen molar-refractivity contribution in [3.8, 4) is 11.5 Å². The second kappa shape index (κ2) is 8.71. The van der Waals surface area contributed by atoms with Crippen molar-refractivity contribution in [2.75, 3.05) is 0 Å². The first-order valence-electron chi connectivity index (χ1n) is 8.66. The third kappa shape index (κ3) is 5.40. The Bertz CT molecular complexity index is 1040. The average Bonchev–Trinajstić information content (AvgIpc) is 3.03. The lowest BCUT2D eigenvalue weighted by molar-refractivity contribution is -0.0866. The summed E-state index contributed by atoms with van der Waals surface area (Å²) in [5.74, 6) is -0.386. The number of oxazole rings is 1. The van der Waals surface area contributed by atoms with Crippen molar-refractivity contribution >= 4 is 46.4 Å². The summed E-state index contributed by atoms with van der Waals surface area (Å²) in [4.78, 5) is 28.2. The lowest BCUT2D eigenvalue weighted by Gasteiger charge is -2.15. The van der Waals surface area contributed by atoms with Crippen LogP contribution in [-0.2, 0) is 14.2 Å². The summed E-state index contributed by atoms with van der Waals surface area (Å²) in [5, 5.41) is 0.896. The molecule has 0 saturated heterocycles. The Morgan fingerprint density at radius 3 is 2.31 bits per heavy atom. The van der Waals surface area contributed by atoms with E-state index in [-0.39, 0.29) is 11.7 Å². The van der Waals surface area contributed by atoms with Crippen LogP contribution in [0.15, 0.2) is 40.8 Å². The zero-order chi connectivity index (χ0) is 21.1. The maximum atomic E-state index is 12.3. The second-order valence-electron chi connectivity index (χ2n) is 6.37. The van der Waals surface area contributed by atoms with E-state index in [1.54, 1.807) is 38.1 Å². The zero-order valence-electron chi connectivity index (χ0n) is 15.8. The van der Waals surface area contributed by atoms with E-state index in [1.807, 2.05) is 0 Å². The van der Waals surface area contributed by atoms with E-state index in [2.05, 4.69) is 4.98 Å². The first-order chi connectivity index (χ1) is 13.7. The SMILES string of the molecule is CC(C)OC(=O)OC(C)OC(=O)c1ccc2nc(-c3cc(Cl)cc(Cl)c3)oc2c1. The van der Waals surface area contributed by atoms with Crippen LogP contribution in [0.1, 0.15) is 31.1 Å². The molecule has 0 fully saturated rings. The lowest BCUT2D eigenvalue weighted by Crippen LogP contribution is -2.23. The van der Waals surface area contributed by atoms with Crippen molar-refractivity contribution in [3.05, 3.63) is 52.0 Å². The number of hydrogen-bond acceptors (Lipinski definition) is 7. The fourth-order valence-electron chi connectivity index (χ4n) is 2.45. The van der Waals surface area contributed by atoms with Crippen LogP contribution in [0.4, 0.5) is 4.79 Å². The topological polar surface area (TPSA) is 87.9 Å². The van der Waals surface area contributed by atoms with Crippen LogP contribution in [0.3, 0.4) is 0 Å². The standard InChI is InChI=1S/C20H17Cl2NO6/c1-10(2)26-20(25)28-11(3)27-19(24)12-4-5-16-17(8-12)29-18(23-16)13-6-14(21)9-15(22)7-13/h4-11H,1-3H3. The first kappa shape index (κ1) is 21.0. The van der Waals surface area contributed by atoms with Crippen molar-refractivity contribution in [2.24, 2.45) is 0 Å². The summed E-state index contributed by atoms with van der Waals surface area (Å²) in [5.41, 5.74) is 1.72. The molecule has 0 aliphatic heterocycles. The van der Waals surface area contributed by atoms with Crippen molar-refractivity contribution in [1.29, 1.82) is 0 Å². The number of carbonyl (C=O) groups excluding carboxylic acids is 2. The highest BCUT2D eigenvalue weighted by Gasteiger charge is 2.19. The summed E-state index contributed by atoms with van der Waals surface area (Å²) in [7, 11) is 0. The molecule has 0 aliphatic carbocycles. The zero-order valence-corrected chi connectivity index (χ0v) is 17.3. The molecule has 152 valence electrons. The van der Waals surface area contributed by atoms with Gasteiger partial charge < -0.3 is 18.6 Å². The number of rotatable bonds is 5.